The van der Waals surface area contributed by atoms with Crippen LogP contribution in [0.4, 0.5) is 0 Å². The summed E-state index contributed by atoms with van der Waals surface area (Å²) in [5, 5.41) is 6.54. The largest absolute Gasteiger partial charge is 0.497 e. The van der Waals surface area contributed by atoms with Crippen LogP contribution in [0.25, 0.3) is 0 Å². The lowest BCUT2D eigenvalue weighted by molar-refractivity contribution is -0.127. The summed E-state index contributed by atoms with van der Waals surface area (Å²) < 4.78 is 15.9. The molecule has 2 rings (SSSR count). The van der Waals surface area contributed by atoms with E-state index in [1.165, 1.54) is 0 Å². The Hall–Kier alpha value is -3.55. The van der Waals surface area contributed by atoms with Gasteiger partial charge in [0.15, 0.2) is 6.61 Å². The van der Waals surface area contributed by atoms with Crippen molar-refractivity contribution in [2.75, 3.05) is 27.4 Å². The van der Waals surface area contributed by atoms with Crippen LogP contribution in [0.15, 0.2) is 47.6 Å². The first-order chi connectivity index (χ1) is 13.9. The van der Waals surface area contributed by atoms with Crippen LogP contribution in [0.5, 0.6) is 17.2 Å². The summed E-state index contributed by atoms with van der Waals surface area (Å²) in [5.74, 6) is 0.956. The van der Waals surface area contributed by atoms with Crippen LogP contribution >= 0.6 is 0 Å². The smallest absolute Gasteiger partial charge is 0.259 e. The highest BCUT2D eigenvalue weighted by Gasteiger charge is 2.10. The number of nitrogens with zero attached hydrogens (tertiary/aromatic N) is 1. The van der Waals surface area contributed by atoms with Gasteiger partial charge in [-0.25, -0.2) is 5.43 Å². The van der Waals surface area contributed by atoms with E-state index in [2.05, 4.69) is 15.8 Å². The molecule has 0 fully saturated rings. The third kappa shape index (κ3) is 6.84. The molecule has 8 heteroatoms. The number of hydrogen-bond donors (Lipinski definition) is 2. The average Bonchev–Trinajstić information content (AvgIpc) is 2.74. The topological polar surface area (TPSA) is 98.2 Å². The van der Waals surface area contributed by atoms with Crippen molar-refractivity contribution in [3.8, 4) is 17.2 Å². The molecule has 0 aliphatic carbocycles. The molecule has 0 aliphatic heterocycles. The minimum Gasteiger partial charge on any atom is -0.497 e. The third-order valence-corrected chi connectivity index (χ3v) is 3.95. The van der Waals surface area contributed by atoms with Crippen molar-refractivity contribution in [1.82, 2.24) is 10.7 Å². The maximum Gasteiger partial charge on any atom is 0.259 e. The van der Waals surface area contributed by atoms with Crippen LogP contribution in [-0.4, -0.2) is 44.9 Å². The molecule has 0 bridgehead atoms. The quantitative estimate of drug-likeness (QED) is 0.497. The molecule has 2 aromatic rings. The van der Waals surface area contributed by atoms with Gasteiger partial charge in [0.1, 0.15) is 17.2 Å². The zero-order chi connectivity index (χ0) is 21.2. The van der Waals surface area contributed by atoms with E-state index in [1.807, 2.05) is 25.1 Å². The minimum absolute atomic E-state index is 0.178. The molecule has 0 radical (unpaired) electrons. The Labute approximate surface area is 169 Å². The highest BCUT2D eigenvalue weighted by atomic mass is 16.5. The molecule has 0 unspecified atom stereocenters. The second kappa shape index (κ2) is 10.7. The highest BCUT2D eigenvalue weighted by Crippen LogP contribution is 2.25. The number of ether oxygens (including phenoxy) is 3. The zero-order valence-corrected chi connectivity index (χ0v) is 16.9. The van der Waals surface area contributed by atoms with E-state index in [4.69, 9.17) is 14.2 Å². The van der Waals surface area contributed by atoms with Gasteiger partial charge in [-0.2, -0.15) is 5.10 Å². The number of carbonyl (C=O) groups excluding carboxylic acids is 2. The van der Waals surface area contributed by atoms with E-state index in [9.17, 15) is 9.59 Å². The molecule has 0 spiro atoms. The maximum absolute atomic E-state index is 11.9. The lowest BCUT2D eigenvalue weighted by Gasteiger charge is -2.10. The second-order valence-electron chi connectivity index (χ2n) is 6.18. The Balaban J connectivity index is 1.82. The van der Waals surface area contributed by atoms with E-state index in [-0.39, 0.29) is 13.2 Å². The van der Waals surface area contributed by atoms with Crippen LogP contribution < -0.4 is 25.0 Å². The van der Waals surface area contributed by atoms with Gasteiger partial charge in [0.2, 0.25) is 0 Å². The lowest BCUT2D eigenvalue weighted by atomic mass is 10.1. The third-order valence-electron chi connectivity index (χ3n) is 3.95. The fourth-order valence-corrected chi connectivity index (χ4v) is 2.43. The number of hydrogen-bond acceptors (Lipinski definition) is 6. The van der Waals surface area contributed by atoms with E-state index in [1.54, 1.807) is 45.4 Å². The number of methoxy groups -OCH3 is 2. The zero-order valence-electron chi connectivity index (χ0n) is 16.9. The Morgan fingerprint density at radius 3 is 2.48 bits per heavy atom. The highest BCUT2D eigenvalue weighted by molar-refractivity contribution is 6.01. The molecular weight excluding hydrogens is 374 g/mol. The van der Waals surface area contributed by atoms with Gasteiger partial charge in [-0.1, -0.05) is 12.1 Å². The molecule has 0 aromatic heterocycles. The van der Waals surface area contributed by atoms with Gasteiger partial charge in [-0.15, -0.1) is 0 Å². The van der Waals surface area contributed by atoms with Crippen molar-refractivity contribution in [3.63, 3.8) is 0 Å². The lowest BCUT2D eigenvalue weighted by Crippen LogP contribution is -2.37. The summed E-state index contributed by atoms with van der Waals surface area (Å²) in [6, 6.07) is 12.6. The van der Waals surface area contributed by atoms with Gasteiger partial charge in [-0.3, -0.25) is 9.59 Å². The average molecular weight is 399 g/mol. The van der Waals surface area contributed by atoms with Crippen molar-refractivity contribution in [3.05, 3.63) is 53.6 Å². The molecule has 2 N–H and O–H groups in total. The van der Waals surface area contributed by atoms with E-state index in [0.717, 1.165) is 5.56 Å². The Bertz CT molecular complexity index is 896. The molecule has 0 saturated heterocycles. The summed E-state index contributed by atoms with van der Waals surface area (Å²) >= 11 is 0. The molecule has 8 nitrogen and oxygen atoms in total. The van der Waals surface area contributed by atoms with Crippen molar-refractivity contribution in [1.29, 1.82) is 0 Å². The number of nitrogens with one attached hydrogen (secondary N) is 2. The Morgan fingerprint density at radius 1 is 1.00 bits per heavy atom. The number of benzene rings is 2. The number of amides is 2. The van der Waals surface area contributed by atoms with Gasteiger partial charge >= 0.3 is 0 Å². The van der Waals surface area contributed by atoms with E-state index >= 15 is 0 Å². The van der Waals surface area contributed by atoms with Gasteiger partial charge in [-0.05, 0) is 43.7 Å². The van der Waals surface area contributed by atoms with Crippen LogP contribution in [0.1, 0.15) is 18.1 Å². The minimum atomic E-state index is -0.458. The first-order valence-electron chi connectivity index (χ1n) is 8.94. The van der Waals surface area contributed by atoms with Crippen molar-refractivity contribution in [2.45, 2.75) is 13.8 Å². The Kier molecular flexibility index (Phi) is 8.02. The van der Waals surface area contributed by atoms with Gasteiger partial charge in [0, 0.05) is 11.6 Å². The predicted octanol–water partition coefficient (Wildman–Crippen LogP) is 2.05. The van der Waals surface area contributed by atoms with Crippen LogP contribution in [-0.2, 0) is 9.59 Å². The molecule has 29 heavy (non-hydrogen) atoms. The summed E-state index contributed by atoms with van der Waals surface area (Å²) in [6.45, 7) is 3.27. The molecule has 0 saturated carbocycles. The Morgan fingerprint density at radius 2 is 1.79 bits per heavy atom. The SMILES string of the molecule is COc1ccc(/C(C)=N\NC(=O)CNC(=O)COc2cccc(C)c2)c(OC)c1. The van der Waals surface area contributed by atoms with Crippen LogP contribution in [0, 0.1) is 6.92 Å². The summed E-state index contributed by atoms with van der Waals surface area (Å²) in [7, 11) is 3.11. The molecule has 0 aliphatic rings. The van der Waals surface area contributed by atoms with Gasteiger partial charge in [0.05, 0.1) is 26.5 Å². The fourth-order valence-electron chi connectivity index (χ4n) is 2.43. The van der Waals surface area contributed by atoms with Crippen molar-refractivity contribution < 1.29 is 23.8 Å². The second-order valence-corrected chi connectivity index (χ2v) is 6.18. The summed E-state index contributed by atoms with van der Waals surface area (Å²) in [5.41, 5.74) is 4.70. The molecule has 2 amide bonds. The van der Waals surface area contributed by atoms with Crippen molar-refractivity contribution in [2.24, 2.45) is 5.10 Å². The summed E-state index contributed by atoms with van der Waals surface area (Å²) in [4.78, 5) is 23.8. The number of aryl methyl sites for hydroxylation is 1. The fraction of sp³-hybridized carbons (Fsp3) is 0.286. The van der Waals surface area contributed by atoms with Crippen LogP contribution in [0.2, 0.25) is 0 Å². The standard InChI is InChI=1S/C21H25N3O5/c1-14-6-5-7-17(10-14)29-13-21(26)22-12-20(25)24-23-15(2)18-9-8-16(27-3)11-19(18)28-4/h5-11H,12-13H2,1-4H3,(H,22,26)(H,24,25)/b23-15-. The van der Waals surface area contributed by atoms with Gasteiger partial charge in [0.25, 0.3) is 11.8 Å². The first kappa shape index (κ1) is 21.7. The number of hydrazone groups is 1. The molecule has 0 atom stereocenters. The first-order valence-corrected chi connectivity index (χ1v) is 8.94. The molecular formula is C21H25N3O5. The normalized spacial score (nSPS) is 10.8. The predicted molar refractivity (Wildman–Crippen MR) is 110 cm³/mol. The van der Waals surface area contributed by atoms with E-state index < -0.39 is 11.8 Å². The van der Waals surface area contributed by atoms with Gasteiger partial charge < -0.3 is 19.5 Å². The van der Waals surface area contributed by atoms with E-state index in [0.29, 0.717) is 28.5 Å². The number of carbonyl (C=O) groups is 2. The maximum atomic E-state index is 11.9. The molecule has 154 valence electrons. The molecule has 2 aromatic carbocycles. The van der Waals surface area contributed by atoms with Crippen LogP contribution in [0.3, 0.4) is 0 Å². The number of rotatable bonds is 9. The van der Waals surface area contributed by atoms with Crippen molar-refractivity contribution >= 4 is 17.5 Å². The molecule has 0 heterocycles. The summed E-state index contributed by atoms with van der Waals surface area (Å²) in [6.07, 6.45) is 0. The monoisotopic (exact) mass is 399 g/mol.